The normalized spacial score (nSPS) is 12.4. The van der Waals surface area contributed by atoms with Gasteiger partial charge in [-0.1, -0.05) is 13.3 Å². The van der Waals surface area contributed by atoms with Crippen LogP contribution in [0, 0.1) is 0 Å². The van der Waals surface area contributed by atoms with Gasteiger partial charge in [0.05, 0.1) is 11.3 Å². The van der Waals surface area contributed by atoms with Crippen molar-refractivity contribution >= 4 is 5.97 Å². The fourth-order valence-electron chi connectivity index (χ4n) is 1.34. The highest BCUT2D eigenvalue weighted by atomic mass is 16.4. The number of hydrogen-bond donors (Lipinski definition) is 2. The third-order valence-electron chi connectivity index (χ3n) is 2.02. The Bertz CT molecular complexity index is 326. The van der Waals surface area contributed by atoms with Crippen LogP contribution in [0.3, 0.4) is 0 Å². The molecule has 1 atom stereocenters. The van der Waals surface area contributed by atoms with Crippen molar-refractivity contribution in [3.8, 4) is 0 Å². The van der Waals surface area contributed by atoms with E-state index >= 15 is 0 Å². The second-order valence-electron chi connectivity index (χ2n) is 3.14. The molecule has 3 N–H and O–H groups in total. The monoisotopic (exact) mass is 194 g/mol. The Labute approximate surface area is 82.8 Å². The lowest BCUT2D eigenvalue weighted by atomic mass is 10.0. The van der Waals surface area contributed by atoms with Crippen molar-refractivity contribution in [1.29, 1.82) is 0 Å². The van der Waals surface area contributed by atoms with Gasteiger partial charge >= 0.3 is 5.97 Å². The largest absolute Gasteiger partial charge is 0.478 e. The van der Waals surface area contributed by atoms with Gasteiger partial charge in [0, 0.05) is 12.2 Å². The number of carbonyl (C=O) groups is 1. The number of aromatic nitrogens is 1. The van der Waals surface area contributed by atoms with Crippen LogP contribution in [0.4, 0.5) is 0 Å². The third kappa shape index (κ3) is 2.29. The minimum Gasteiger partial charge on any atom is -0.478 e. The zero-order valence-electron chi connectivity index (χ0n) is 8.10. The maximum Gasteiger partial charge on any atom is 0.337 e. The molecule has 0 aliphatic heterocycles. The van der Waals surface area contributed by atoms with E-state index in [9.17, 15) is 4.79 Å². The van der Waals surface area contributed by atoms with Gasteiger partial charge in [0.1, 0.15) is 0 Å². The quantitative estimate of drug-likeness (QED) is 0.762. The van der Waals surface area contributed by atoms with Crippen LogP contribution >= 0.6 is 0 Å². The van der Waals surface area contributed by atoms with Crippen molar-refractivity contribution < 1.29 is 9.90 Å². The van der Waals surface area contributed by atoms with Crippen molar-refractivity contribution in [1.82, 2.24) is 4.98 Å². The van der Waals surface area contributed by atoms with Crippen LogP contribution < -0.4 is 5.73 Å². The topological polar surface area (TPSA) is 76.2 Å². The van der Waals surface area contributed by atoms with Crippen LogP contribution in [-0.4, -0.2) is 16.1 Å². The van der Waals surface area contributed by atoms with Gasteiger partial charge in [0.15, 0.2) is 0 Å². The average molecular weight is 194 g/mol. The first-order valence-corrected chi connectivity index (χ1v) is 4.60. The molecular formula is C10H14N2O2. The van der Waals surface area contributed by atoms with Gasteiger partial charge in [0.2, 0.25) is 0 Å². The number of nitrogens with zero attached hydrogens (tertiary/aromatic N) is 1. The highest BCUT2D eigenvalue weighted by molar-refractivity contribution is 5.88. The zero-order valence-corrected chi connectivity index (χ0v) is 8.10. The summed E-state index contributed by atoms with van der Waals surface area (Å²) >= 11 is 0. The number of carboxylic acid groups (broad SMARTS) is 1. The first-order valence-electron chi connectivity index (χ1n) is 4.60. The molecule has 1 rings (SSSR count). The van der Waals surface area contributed by atoms with Crippen molar-refractivity contribution in [3.63, 3.8) is 0 Å². The minimum absolute atomic E-state index is 0.202. The molecule has 0 amide bonds. The lowest BCUT2D eigenvalue weighted by Crippen LogP contribution is -2.16. The van der Waals surface area contributed by atoms with Gasteiger partial charge in [-0.25, -0.2) is 4.79 Å². The fourth-order valence-corrected chi connectivity index (χ4v) is 1.34. The molecular weight excluding hydrogens is 180 g/mol. The number of hydrogen-bond acceptors (Lipinski definition) is 3. The van der Waals surface area contributed by atoms with E-state index in [0.717, 1.165) is 12.8 Å². The summed E-state index contributed by atoms with van der Waals surface area (Å²) < 4.78 is 0. The Balaban J connectivity index is 3.00. The molecule has 0 aliphatic carbocycles. The number of rotatable bonds is 4. The first-order chi connectivity index (χ1) is 6.66. The molecule has 1 aromatic rings. The molecule has 76 valence electrons. The van der Waals surface area contributed by atoms with Crippen molar-refractivity contribution in [2.75, 3.05) is 0 Å². The minimum atomic E-state index is -0.973. The molecule has 0 bridgehead atoms. The molecule has 4 nitrogen and oxygen atoms in total. The Hall–Kier alpha value is -1.42. The molecule has 14 heavy (non-hydrogen) atoms. The van der Waals surface area contributed by atoms with Crippen LogP contribution in [0.15, 0.2) is 18.3 Å². The second-order valence-corrected chi connectivity index (χ2v) is 3.14. The molecule has 1 aromatic heterocycles. The molecule has 4 heteroatoms. The van der Waals surface area contributed by atoms with Crippen LogP contribution in [-0.2, 0) is 0 Å². The van der Waals surface area contributed by atoms with E-state index in [2.05, 4.69) is 4.98 Å². The molecule has 0 saturated carbocycles. The zero-order chi connectivity index (χ0) is 10.6. The van der Waals surface area contributed by atoms with Gasteiger partial charge in [-0.05, 0) is 18.6 Å². The summed E-state index contributed by atoms with van der Waals surface area (Å²) in [6.45, 7) is 2.00. The van der Waals surface area contributed by atoms with Crippen LogP contribution in [0.1, 0.15) is 41.9 Å². The Morgan fingerprint density at radius 2 is 2.43 bits per heavy atom. The van der Waals surface area contributed by atoms with Gasteiger partial charge < -0.3 is 10.8 Å². The molecule has 0 aliphatic rings. The van der Waals surface area contributed by atoms with E-state index in [4.69, 9.17) is 10.8 Å². The number of pyridine rings is 1. The highest BCUT2D eigenvalue weighted by Gasteiger charge is 2.15. The Morgan fingerprint density at radius 1 is 1.71 bits per heavy atom. The average Bonchev–Trinajstić information content (AvgIpc) is 2.18. The molecule has 0 radical (unpaired) electrons. The predicted molar refractivity (Wildman–Crippen MR) is 53.0 cm³/mol. The first kappa shape index (κ1) is 10.7. The highest BCUT2D eigenvalue weighted by Crippen LogP contribution is 2.17. The van der Waals surface area contributed by atoms with Crippen LogP contribution in [0.5, 0.6) is 0 Å². The standard InChI is InChI=1S/C10H14N2O2/c1-2-4-8(11)9-7(10(13)14)5-3-6-12-9/h3,5-6,8H,2,4,11H2,1H3,(H,13,14)/t8-/m1/s1. The third-order valence-corrected chi connectivity index (χ3v) is 2.02. The van der Waals surface area contributed by atoms with Gasteiger partial charge in [-0.2, -0.15) is 0 Å². The second kappa shape index (κ2) is 4.72. The predicted octanol–water partition coefficient (Wildman–Crippen LogP) is 1.58. The Morgan fingerprint density at radius 3 is 3.00 bits per heavy atom. The van der Waals surface area contributed by atoms with Crippen LogP contribution in [0.2, 0.25) is 0 Å². The molecule has 0 aromatic carbocycles. The van der Waals surface area contributed by atoms with E-state index in [1.54, 1.807) is 12.3 Å². The van der Waals surface area contributed by atoms with Crippen molar-refractivity contribution in [2.24, 2.45) is 5.73 Å². The molecule has 0 fully saturated rings. The van der Waals surface area contributed by atoms with E-state index in [0.29, 0.717) is 5.69 Å². The van der Waals surface area contributed by atoms with Gasteiger partial charge in [0.25, 0.3) is 0 Å². The lowest BCUT2D eigenvalue weighted by molar-refractivity contribution is 0.0694. The SMILES string of the molecule is CCC[C@@H](N)c1ncccc1C(=O)O. The Kier molecular flexibility index (Phi) is 3.59. The van der Waals surface area contributed by atoms with Crippen LogP contribution in [0.25, 0.3) is 0 Å². The fraction of sp³-hybridized carbons (Fsp3) is 0.400. The van der Waals surface area contributed by atoms with Gasteiger partial charge in [-0.3, -0.25) is 4.98 Å². The maximum atomic E-state index is 10.8. The number of nitrogens with two attached hydrogens (primary N) is 1. The molecule has 0 saturated heterocycles. The molecule has 1 heterocycles. The molecule has 0 spiro atoms. The summed E-state index contributed by atoms with van der Waals surface area (Å²) in [5.41, 5.74) is 6.49. The number of aromatic carboxylic acids is 1. The van der Waals surface area contributed by atoms with Crippen molar-refractivity contribution in [2.45, 2.75) is 25.8 Å². The summed E-state index contributed by atoms with van der Waals surface area (Å²) in [5.74, 6) is -0.973. The van der Waals surface area contributed by atoms with E-state index in [1.165, 1.54) is 6.07 Å². The van der Waals surface area contributed by atoms with E-state index in [1.807, 2.05) is 6.92 Å². The maximum absolute atomic E-state index is 10.8. The lowest BCUT2D eigenvalue weighted by Gasteiger charge is -2.11. The summed E-state index contributed by atoms with van der Waals surface area (Å²) in [5, 5.41) is 8.89. The number of carboxylic acids is 1. The van der Waals surface area contributed by atoms with E-state index in [-0.39, 0.29) is 11.6 Å². The van der Waals surface area contributed by atoms with Crippen molar-refractivity contribution in [3.05, 3.63) is 29.6 Å². The smallest absolute Gasteiger partial charge is 0.337 e. The van der Waals surface area contributed by atoms with Gasteiger partial charge in [-0.15, -0.1) is 0 Å². The summed E-state index contributed by atoms with van der Waals surface area (Å²) in [6, 6.07) is 2.85. The summed E-state index contributed by atoms with van der Waals surface area (Å²) in [4.78, 5) is 14.8. The molecule has 0 unspecified atom stereocenters. The van der Waals surface area contributed by atoms with E-state index < -0.39 is 5.97 Å². The summed E-state index contributed by atoms with van der Waals surface area (Å²) in [7, 11) is 0. The summed E-state index contributed by atoms with van der Waals surface area (Å²) in [6.07, 6.45) is 3.23.